The van der Waals surface area contributed by atoms with Crippen molar-refractivity contribution in [2.45, 2.75) is 33.4 Å². The molecule has 3 aromatic heterocycles. The average Bonchev–Trinajstić information content (AvgIpc) is 3.15. The SMILES string of the molecule is C[C@@H]1COc2cn3ncc4c3nc2N1Cc1cc(F)cnc1OCC(C)(C)CNC4=O. The second-order valence-corrected chi connectivity index (χ2v) is 8.80. The quantitative estimate of drug-likeness (QED) is 0.589. The summed E-state index contributed by atoms with van der Waals surface area (Å²) in [5.41, 5.74) is 1.05. The molecule has 0 spiro atoms. The lowest BCUT2D eigenvalue weighted by molar-refractivity contribution is 0.0918. The van der Waals surface area contributed by atoms with Crippen LogP contribution in [0.15, 0.2) is 24.7 Å². The molecule has 0 saturated carbocycles. The number of nitrogens with one attached hydrogen (secondary N) is 1. The molecule has 1 amide bonds. The number of hydrogen-bond donors (Lipinski definition) is 1. The molecular weight excluding hydrogens is 403 g/mol. The third-order valence-corrected chi connectivity index (χ3v) is 5.53. The van der Waals surface area contributed by atoms with Crippen LogP contribution in [0.25, 0.3) is 5.65 Å². The lowest BCUT2D eigenvalue weighted by atomic mass is 9.94. The van der Waals surface area contributed by atoms with E-state index in [0.717, 1.165) is 6.20 Å². The van der Waals surface area contributed by atoms with Crippen LogP contribution in [0.1, 0.15) is 36.7 Å². The van der Waals surface area contributed by atoms with E-state index in [1.54, 1.807) is 6.20 Å². The van der Waals surface area contributed by atoms with Crippen molar-refractivity contribution in [1.82, 2.24) is 24.9 Å². The first-order valence-corrected chi connectivity index (χ1v) is 10.1. The van der Waals surface area contributed by atoms with Crippen molar-refractivity contribution in [3.63, 3.8) is 0 Å². The second-order valence-electron chi connectivity index (χ2n) is 8.80. The van der Waals surface area contributed by atoms with Crippen LogP contribution in [0, 0.1) is 11.2 Å². The standard InChI is InChI=1S/C21H23FN6O3/c1-12-9-30-16-8-28-17-15(6-25-28)19(29)24-10-21(2,3)11-31-20-13(4-14(22)5-23-20)7-27(12)18(16)26-17/h4-6,8,12H,7,9-11H2,1-3H3,(H,24,29)/t12-/m1/s1. The fourth-order valence-electron chi connectivity index (χ4n) is 3.72. The molecule has 9 nitrogen and oxygen atoms in total. The van der Waals surface area contributed by atoms with Crippen LogP contribution in [0.2, 0.25) is 0 Å². The second kappa shape index (κ2) is 7.07. The summed E-state index contributed by atoms with van der Waals surface area (Å²) >= 11 is 0. The van der Waals surface area contributed by atoms with Crippen molar-refractivity contribution in [2.24, 2.45) is 5.41 Å². The van der Waals surface area contributed by atoms with Gasteiger partial charge < -0.3 is 19.7 Å². The number of carbonyl (C=O) groups is 1. The molecule has 0 fully saturated rings. The monoisotopic (exact) mass is 426 g/mol. The van der Waals surface area contributed by atoms with E-state index in [4.69, 9.17) is 14.5 Å². The van der Waals surface area contributed by atoms with E-state index in [-0.39, 0.29) is 17.4 Å². The lowest BCUT2D eigenvalue weighted by Gasteiger charge is -2.36. The molecule has 0 aromatic carbocycles. The minimum absolute atomic E-state index is 0.0388. The number of ether oxygens (including phenoxy) is 2. The predicted molar refractivity (Wildman–Crippen MR) is 110 cm³/mol. The minimum atomic E-state index is -0.433. The van der Waals surface area contributed by atoms with Gasteiger partial charge in [0.1, 0.15) is 18.0 Å². The van der Waals surface area contributed by atoms with Gasteiger partial charge in [0.25, 0.3) is 5.91 Å². The summed E-state index contributed by atoms with van der Waals surface area (Å²) in [6.45, 7) is 7.39. The van der Waals surface area contributed by atoms with Crippen molar-refractivity contribution in [1.29, 1.82) is 0 Å². The lowest BCUT2D eigenvalue weighted by Crippen LogP contribution is -2.42. The molecule has 10 heteroatoms. The number of aromatic nitrogens is 4. The van der Waals surface area contributed by atoms with Gasteiger partial charge in [0.2, 0.25) is 5.88 Å². The van der Waals surface area contributed by atoms with Gasteiger partial charge in [-0.05, 0) is 13.0 Å². The zero-order valence-corrected chi connectivity index (χ0v) is 17.6. The number of rotatable bonds is 0. The Bertz CT molecular complexity index is 1180. The fourth-order valence-corrected chi connectivity index (χ4v) is 3.72. The summed E-state index contributed by atoms with van der Waals surface area (Å²) in [5.74, 6) is 0.778. The first-order valence-electron chi connectivity index (χ1n) is 10.1. The van der Waals surface area contributed by atoms with E-state index in [9.17, 15) is 9.18 Å². The Kier molecular flexibility index (Phi) is 4.45. The van der Waals surface area contributed by atoms with Crippen LogP contribution in [0.5, 0.6) is 11.6 Å². The molecule has 31 heavy (non-hydrogen) atoms. The molecule has 0 aliphatic carbocycles. The third kappa shape index (κ3) is 3.51. The molecule has 0 saturated heterocycles. The number of carbonyl (C=O) groups excluding carboxylic acids is 1. The zero-order valence-electron chi connectivity index (χ0n) is 17.6. The Balaban J connectivity index is 1.68. The van der Waals surface area contributed by atoms with Gasteiger partial charge in [-0.1, -0.05) is 13.8 Å². The molecule has 3 aromatic rings. The third-order valence-electron chi connectivity index (χ3n) is 5.53. The minimum Gasteiger partial charge on any atom is -0.486 e. The van der Waals surface area contributed by atoms with Gasteiger partial charge in [0.15, 0.2) is 17.2 Å². The molecule has 1 atom stereocenters. The Labute approximate surface area is 178 Å². The maximum atomic E-state index is 14.1. The number of halogens is 1. The topological polar surface area (TPSA) is 93.9 Å². The van der Waals surface area contributed by atoms with Gasteiger partial charge in [-0.3, -0.25) is 4.79 Å². The summed E-state index contributed by atoms with van der Waals surface area (Å²) in [6, 6.07) is 1.40. The first-order chi connectivity index (χ1) is 14.8. The molecule has 1 N–H and O–H groups in total. The molecule has 0 unspecified atom stereocenters. The van der Waals surface area contributed by atoms with Gasteiger partial charge in [0, 0.05) is 17.5 Å². The molecular formula is C21H23FN6O3. The van der Waals surface area contributed by atoms with Crippen molar-refractivity contribution < 1.29 is 18.7 Å². The van der Waals surface area contributed by atoms with E-state index in [1.165, 1.54) is 16.8 Å². The number of anilines is 1. The summed E-state index contributed by atoms with van der Waals surface area (Å²) in [6.07, 6.45) is 4.36. The molecule has 2 bridgehead atoms. The van der Waals surface area contributed by atoms with Crippen LogP contribution in [-0.2, 0) is 6.54 Å². The Morgan fingerprint density at radius 3 is 2.97 bits per heavy atom. The molecule has 162 valence electrons. The summed E-state index contributed by atoms with van der Waals surface area (Å²) in [5, 5.41) is 7.21. The number of hydrogen-bond acceptors (Lipinski definition) is 7. The van der Waals surface area contributed by atoms with Crippen LogP contribution >= 0.6 is 0 Å². The van der Waals surface area contributed by atoms with Crippen LogP contribution < -0.4 is 19.7 Å². The van der Waals surface area contributed by atoms with Gasteiger partial charge in [-0.25, -0.2) is 18.9 Å². The number of pyridine rings is 1. The van der Waals surface area contributed by atoms with Crippen molar-refractivity contribution >= 4 is 17.4 Å². The molecule has 5 rings (SSSR count). The average molecular weight is 426 g/mol. The van der Waals surface area contributed by atoms with Gasteiger partial charge in [-0.2, -0.15) is 5.10 Å². The van der Waals surface area contributed by atoms with Crippen LogP contribution in [0.4, 0.5) is 10.2 Å². The molecule has 5 heterocycles. The normalized spacial score (nSPS) is 20.5. The molecule has 2 aliphatic rings. The molecule has 2 aliphatic heterocycles. The number of nitrogens with zero attached hydrogens (tertiary/aromatic N) is 5. The molecule has 0 radical (unpaired) electrons. The Morgan fingerprint density at radius 2 is 2.13 bits per heavy atom. The Morgan fingerprint density at radius 1 is 1.29 bits per heavy atom. The summed E-state index contributed by atoms with van der Waals surface area (Å²) in [4.78, 5) is 23.8. The van der Waals surface area contributed by atoms with E-state index in [1.807, 2.05) is 25.7 Å². The van der Waals surface area contributed by atoms with Crippen LogP contribution in [-0.4, -0.2) is 51.3 Å². The van der Waals surface area contributed by atoms with Crippen molar-refractivity contribution in [2.75, 3.05) is 24.7 Å². The van der Waals surface area contributed by atoms with E-state index in [2.05, 4.69) is 15.4 Å². The Hall–Kier alpha value is -3.43. The number of amides is 1. The smallest absolute Gasteiger partial charge is 0.256 e. The highest BCUT2D eigenvalue weighted by atomic mass is 19.1. The highest BCUT2D eigenvalue weighted by Crippen LogP contribution is 2.35. The predicted octanol–water partition coefficient (Wildman–Crippen LogP) is 2.20. The van der Waals surface area contributed by atoms with E-state index in [0.29, 0.717) is 60.5 Å². The first kappa shape index (κ1) is 19.5. The maximum Gasteiger partial charge on any atom is 0.256 e. The highest BCUT2D eigenvalue weighted by Gasteiger charge is 2.30. The highest BCUT2D eigenvalue weighted by molar-refractivity contribution is 5.99. The summed E-state index contributed by atoms with van der Waals surface area (Å²) in [7, 11) is 0. The zero-order chi connectivity index (χ0) is 21.8. The van der Waals surface area contributed by atoms with Crippen molar-refractivity contribution in [3.8, 4) is 11.6 Å². The van der Waals surface area contributed by atoms with Gasteiger partial charge in [-0.15, -0.1) is 0 Å². The van der Waals surface area contributed by atoms with Crippen molar-refractivity contribution in [3.05, 3.63) is 41.6 Å². The van der Waals surface area contributed by atoms with E-state index < -0.39 is 5.82 Å². The largest absolute Gasteiger partial charge is 0.486 e. The van der Waals surface area contributed by atoms with E-state index >= 15 is 0 Å². The van der Waals surface area contributed by atoms with Crippen LogP contribution in [0.3, 0.4) is 0 Å². The maximum absolute atomic E-state index is 14.1. The summed E-state index contributed by atoms with van der Waals surface area (Å²) < 4.78 is 27.5. The van der Waals surface area contributed by atoms with Gasteiger partial charge >= 0.3 is 0 Å². The fraction of sp³-hybridized carbons (Fsp3) is 0.429. The van der Waals surface area contributed by atoms with Gasteiger partial charge in [0.05, 0.1) is 37.8 Å². The number of fused-ring (bicyclic) bond motifs is 1.